The summed E-state index contributed by atoms with van der Waals surface area (Å²) in [6, 6.07) is 12.0. The number of thiophene rings is 1. The predicted molar refractivity (Wildman–Crippen MR) is 98.1 cm³/mol. The zero-order valence-corrected chi connectivity index (χ0v) is 14.8. The van der Waals surface area contributed by atoms with Crippen LogP contribution in [0.5, 0.6) is 0 Å². The fourth-order valence-corrected chi connectivity index (χ4v) is 4.38. The van der Waals surface area contributed by atoms with Crippen LogP contribution >= 0.6 is 11.3 Å². The summed E-state index contributed by atoms with van der Waals surface area (Å²) in [5.74, 6) is 0.693. The first-order valence-corrected chi connectivity index (χ1v) is 9.47. The monoisotopic (exact) mass is 352 g/mol. The Morgan fingerprint density at radius 1 is 1.16 bits per heavy atom. The van der Waals surface area contributed by atoms with E-state index >= 15 is 0 Å². The molecule has 2 aromatic heterocycles. The van der Waals surface area contributed by atoms with E-state index in [2.05, 4.69) is 21.6 Å². The van der Waals surface area contributed by atoms with E-state index in [0.717, 1.165) is 29.2 Å². The Hall–Kier alpha value is -2.47. The molecule has 0 spiro atoms. The molecule has 5 nitrogen and oxygen atoms in total. The topological polar surface area (TPSA) is 59.8 Å². The van der Waals surface area contributed by atoms with E-state index in [1.54, 1.807) is 17.7 Å². The minimum absolute atomic E-state index is 0.0271. The molecule has 1 aliphatic rings. The molecule has 4 rings (SSSR count). The number of rotatable bonds is 4. The molecule has 128 valence electrons. The van der Waals surface area contributed by atoms with Gasteiger partial charge in [0.2, 0.25) is 0 Å². The standard InChI is InChI=1S/C19H20N4OS/c24-19(17-11-14-7-3-1-6-10-16(14)25-17)20-12-18-22-21-13-23(18)15-8-4-2-5-9-15/h2,4-5,8-9,11,13H,1,3,6-7,10,12H2,(H,20,24). The highest BCUT2D eigenvalue weighted by molar-refractivity contribution is 7.14. The average molecular weight is 352 g/mol. The molecule has 0 bridgehead atoms. The molecule has 1 aromatic carbocycles. The lowest BCUT2D eigenvalue weighted by Gasteiger charge is -2.07. The maximum absolute atomic E-state index is 12.5. The smallest absolute Gasteiger partial charge is 0.261 e. The van der Waals surface area contributed by atoms with Gasteiger partial charge in [0.25, 0.3) is 5.91 Å². The van der Waals surface area contributed by atoms with Gasteiger partial charge in [-0.2, -0.15) is 0 Å². The van der Waals surface area contributed by atoms with Gasteiger partial charge in [-0.15, -0.1) is 21.5 Å². The molecule has 1 amide bonds. The van der Waals surface area contributed by atoms with Crippen LogP contribution < -0.4 is 5.32 Å². The molecule has 1 aliphatic carbocycles. The van der Waals surface area contributed by atoms with Crippen LogP contribution in [0.3, 0.4) is 0 Å². The van der Waals surface area contributed by atoms with Crippen molar-refractivity contribution in [2.24, 2.45) is 0 Å². The maximum atomic E-state index is 12.5. The molecule has 25 heavy (non-hydrogen) atoms. The molecule has 6 heteroatoms. The summed E-state index contributed by atoms with van der Waals surface area (Å²) in [6.45, 7) is 0.357. The number of carbonyl (C=O) groups is 1. The lowest BCUT2D eigenvalue weighted by atomic mass is 10.1. The van der Waals surface area contributed by atoms with E-state index in [-0.39, 0.29) is 5.91 Å². The third kappa shape index (κ3) is 3.49. The first kappa shape index (κ1) is 16.0. The Balaban J connectivity index is 1.46. The third-order valence-electron chi connectivity index (χ3n) is 4.53. The molecular formula is C19H20N4OS. The summed E-state index contributed by atoms with van der Waals surface area (Å²) in [6.07, 6.45) is 7.62. The number of hydrogen-bond acceptors (Lipinski definition) is 4. The normalized spacial score (nSPS) is 13.9. The van der Waals surface area contributed by atoms with E-state index in [1.165, 1.54) is 29.7 Å². The summed E-state index contributed by atoms with van der Waals surface area (Å²) in [5.41, 5.74) is 2.35. The van der Waals surface area contributed by atoms with Gasteiger partial charge in [-0.05, 0) is 49.4 Å². The largest absolute Gasteiger partial charge is 0.344 e. The number of nitrogens with one attached hydrogen (secondary N) is 1. The summed E-state index contributed by atoms with van der Waals surface area (Å²) in [7, 11) is 0. The number of aromatic nitrogens is 3. The highest BCUT2D eigenvalue weighted by Crippen LogP contribution is 2.28. The molecule has 0 radical (unpaired) electrons. The van der Waals surface area contributed by atoms with Crippen molar-refractivity contribution in [3.63, 3.8) is 0 Å². The van der Waals surface area contributed by atoms with Gasteiger partial charge < -0.3 is 5.32 Å². The zero-order chi connectivity index (χ0) is 17.1. The first-order valence-electron chi connectivity index (χ1n) is 8.65. The number of carbonyl (C=O) groups excluding carboxylic acids is 1. The highest BCUT2D eigenvalue weighted by atomic mass is 32.1. The van der Waals surface area contributed by atoms with Crippen molar-refractivity contribution < 1.29 is 4.79 Å². The SMILES string of the molecule is O=C(NCc1nncn1-c1ccccc1)c1cc2c(s1)CCCCC2. The van der Waals surface area contributed by atoms with Crippen molar-refractivity contribution in [3.8, 4) is 5.69 Å². The predicted octanol–water partition coefficient (Wildman–Crippen LogP) is 3.53. The lowest BCUT2D eigenvalue weighted by molar-refractivity contribution is 0.0953. The Morgan fingerprint density at radius 3 is 2.88 bits per heavy atom. The van der Waals surface area contributed by atoms with Gasteiger partial charge in [-0.3, -0.25) is 9.36 Å². The number of fused-ring (bicyclic) bond motifs is 1. The van der Waals surface area contributed by atoms with E-state index in [0.29, 0.717) is 6.54 Å². The van der Waals surface area contributed by atoms with Crippen molar-refractivity contribution in [3.05, 3.63) is 63.9 Å². The Bertz CT molecular complexity index is 845. The van der Waals surface area contributed by atoms with Crippen molar-refractivity contribution in [1.29, 1.82) is 0 Å². The molecule has 2 heterocycles. The van der Waals surface area contributed by atoms with Crippen LogP contribution in [0.4, 0.5) is 0 Å². The second-order valence-corrected chi connectivity index (χ2v) is 7.39. The van der Waals surface area contributed by atoms with Gasteiger partial charge in [-0.1, -0.05) is 24.6 Å². The van der Waals surface area contributed by atoms with Crippen LogP contribution in [0.25, 0.3) is 5.69 Å². The van der Waals surface area contributed by atoms with Crippen LogP contribution in [0.1, 0.15) is 45.2 Å². The van der Waals surface area contributed by atoms with Crippen LogP contribution in [0.2, 0.25) is 0 Å². The molecule has 1 N–H and O–H groups in total. The molecular weight excluding hydrogens is 332 g/mol. The number of benzene rings is 1. The maximum Gasteiger partial charge on any atom is 0.261 e. The van der Waals surface area contributed by atoms with Gasteiger partial charge in [0.05, 0.1) is 11.4 Å². The van der Waals surface area contributed by atoms with Crippen LogP contribution in [-0.2, 0) is 19.4 Å². The molecule has 0 unspecified atom stereocenters. The first-order chi connectivity index (χ1) is 12.3. The van der Waals surface area contributed by atoms with Crippen molar-refractivity contribution in [2.75, 3.05) is 0 Å². The number of amides is 1. The minimum atomic E-state index is -0.0271. The third-order valence-corrected chi connectivity index (χ3v) is 5.77. The second-order valence-electron chi connectivity index (χ2n) is 6.26. The summed E-state index contributed by atoms with van der Waals surface area (Å²) < 4.78 is 1.89. The Morgan fingerprint density at radius 2 is 2.00 bits per heavy atom. The van der Waals surface area contributed by atoms with E-state index in [9.17, 15) is 4.79 Å². The fraction of sp³-hybridized carbons (Fsp3) is 0.316. The minimum Gasteiger partial charge on any atom is -0.344 e. The Labute approximate surface area is 150 Å². The quantitative estimate of drug-likeness (QED) is 0.731. The molecule has 3 aromatic rings. The summed E-state index contributed by atoms with van der Waals surface area (Å²) in [4.78, 5) is 14.7. The molecule has 0 saturated heterocycles. The van der Waals surface area contributed by atoms with Crippen molar-refractivity contribution in [2.45, 2.75) is 38.6 Å². The zero-order valence-electron chi connectivity index (χ0n) is 13.9. The summed E-state index contributed by atoms with van der Waals surface area (Å²) in [5, 5.41) is 11.1. The van der Waals surface area contributed by atoms with E-state index < -0.39 is 0 Å². The fourth-order valence-electron chi connectivity index (χ4n) is 3.21. The number of nitrogens with zero attached hydrogens (tertiary/aromatic N) is 3. The highest BCUT2D eigenvalue weighted by Gasteiger charge is 2.17. The second kappa shape index (κ2) is 7.19. The lowest BCUT2D eigenvalue weighted by Crippen LogP contribution is -2.23. The van der Waals surface area contributed by atoms with Crippen molar-refractivity contribution >= 4 is 17.2 Å². The Kier molecular flexibility index (Phi) is 4.61. The van der Waals surface area contributed by atoms with Crippen LogP contribution in [-0.4, -0.2) is 20.7 Å². The summed E-state index contributed by atoms with van der Waals surface area (Å²) >= 11 is 1.64. The number of hydrogen-bond donors (Lipinski definition) is 1. The molecule has 0 saturated carbocycles. The van der Waals surface area contributed by atoms with Gasteiger partial charge >= 0.3 is 0 Å². The number of aryl methyl sites for hydroxylation is 2. The van der Waals surface area contributed by atoms with Gasteiger partial charge in [0.1, 0.15) is 6.33 Å². The molecule has 0 atom stereocenters. The molecule has 0 aliphatic heterocycles. The van der Waals surface area contributed by atoms with Crippen LogP contribution in [0, 0.1) is 0 Å². The number of para-hydroxylation sites is 1. The average Bonchev–Trinajstić information content (AvgIpc) is 3.22. The van der Waals surface area contributed by atoms with E-state index in [4.69, 9.17) is 0 Å². The van der Waals surface area contributed by atoms with Gasteiger partial charge in [0, 0.05) is 10.6 Å². The molecule has 0 fully saturated rings. The van der Waals surface area contributed by atoms with Crippen molar-refractivity contribution in [1.82, 2.24) is 20.1 Å². The van der Waals surface area contributed by atoms with Gasteiger partial charge in [-0.25, -0.2) is 0 Å². The van der Waals surface area contributed by atoms with E-state index in [1.807, 2.05) is 34.9 Å². The van der Waals surface area contributed by atoms with Gasteiger partial charge in [0.15, 0.2) is 5.82 Å². The van der Waals surface area contributed by atoms with Crippen LogP contribution in [0.15, 0.2) is 42.7 Å².